The summed E-state index contributed by atoms with van der Waals surface area (Å²) in [6.45, 7) is -0.105. The van der Waals surface area contributed by atoms with Crippen LogP contribution < -0.4 is 5.32 Å². The fourth-order valence-electron chi connectivity index (χ4n) is 1.16. The van der Waals surface area contributed by atoms with Gasteiger partial charge in [-0.25, -0.2) is 4.39 Å². The molecule has 6 nitrogen and oxygen atoms in total. The van der Waals surface area contributed by atoms with Crippen molar-refractivity contribution in [2.75, 3.05) is 26.0 Å². The van der Waals surface area contributed by atoms with Crippen molar-refractivity contribution in [3.05, 3.63) is 32.5 Å². The van der Waals surface area contributed by atoms with Gasteiger partial charge in [0.25, 0.3) is 5.69 Å². The third-order valence-corrected chi connectivity index (χ3v) is 2.77. The predicted octanol–water partition coefficient (Wildman–Crippen LogP) is 2.00. The van der Waals surface area contributed by atoms with Crippen molar-refractivity contribution in [3.8, 4) is 0 Å². The van der Waals surface area contributed by atoms with Crippen molar-refractivity contribution in [1.29, 1.82) is 0 Å². The van der Waals surface area contributed by atoms with Gasteiger partial charge in [-0.3, -0.25) is 14.9 Å². The Hall–Kier alpha value is -1.70. The Balaban J connectivity index is 2.97. The Morgan fingerprint density at radius 3 is 2.67 bits per heavy atom. The van der Waals surface area contributed by atoms with Crippen LogP contribution in [0.15, 0.2) is 16.6 Å². The molecule has 0 spiro atoms. The molecule has 1 aromatic carbocycles. The van der Waals surface area contributed by atoms with E-state index in [4.69, 9.17) is 0 Å². The summed E-state index contributed by atoms with van der Waals surface area (Å²) in [5, 5.41) is 13.4. The Bertz CT molecular complexity index is 494. The van der Waals surface area contributed by atoms with E-state index in [0.717, 1.165) is 6.07 Å². The minimum Gasteiger partial charge on any atom is -0.371 e. The van der Waals surface area contributed by atoms with Crippen LogP contribution in [0.5, 0.6) is 0 Å². The van der Waals surface area contributed by atoms with E-state index in [1.807, 2.05) is 0 Å². The summed E-state index contributed by atoms with van der Waals surface area (Å²) in [6, 6.07) is 2.03. The molecular weight excluding hydrogens is 309 g/mol. The summed E-state index contributed by atoms with van der Waals surface area (Å²) >= 11 is 2.93. The van der Waals surface area contributed by atoms with Gasteiger partial charge in [-0.05, 0) is 22.0 Å². The quantitative estimate of drug-likeness (QED) is 0.680. The molecule has 0 aliphatic carbocycles. The monoisotopic (exact) mass is 319 g/mol. The molecule has 98 valence electrons. The van der Waals surface area contributed by atoms with Gasteiger partial charge in [0.1, 0.15) is 11.5 Å². The number of nitro groups is 1. The van der Waals surface area contributed by atoms with Crippen LogP contribution in [0.2, 0.25) is 0 Å². The van der Waals surface area contributed by atoms with Crippen molar-refractivity contribution < 1.29 is 14.1 Å². The maximum absolute atomic E-state index is 13.2. The molecule has 0 saturated carbocycles. The lowest BCUT2D eigenvalue weighted by molar-refractivity contribution is -0.384. The van der Waals surface area contributed by atoms with Gasteiger partial charge in [-0.2, -0.15) is 0 Å². The van der Waals surface area contributed by atoms with Crippen LogP contribution in [0.3, 0.4) is 0 Å². The van der Waals surface area contributed by atoms with Crippen molar-refractivity contribution in [2.24, 2.45) is 0 Å². The van der Waals surface area contributed by atoms with Crippen LogP contribution in [0, 0.1) is 15.9 Å². The number of hydrogen-bond acceptors (Lipinski definition) is 4. The third kappa shape index (κ3) is 3.39. The second-order valence-corrected chi connectivity index (χ2v) is 4.54. The van der Waals surface area contributed by atoms with Gasteiger partial charge < -0.3 is 10.2 Å². The van der Waals surface area contributed by atoms with Crippen LogP contribution in [0.4, 0.5) is 15.8 Å². The second kappa shape index (κ2) is 5.76. The molecule has 1 amide bonds. The number of hydrogen-bond donors (Lipinski definition) is 1. The van der Waals surface area contributed by atoms with Crippen molar-refractivity contribution >= 4 is 33.2 Å². The lowest BCUT2D eigenvalue weighted by Gasteiger charge is -2.12. The summed E-state index contributed by atoms with van der Waals surface area (Å²) in [6.07, 6.45) is 0. The Kier molecular flexibility index (Phi) is 4.60. The molecule has 0 fully saturated rings. The zero-order valence-electron chi connectivity index (χ0n) is 9.74. The van der Waals surface area contributed by atoms with Gasteiger partial charge in [0, 0.05) is 14.1 Å². The van der Waals surface area contributed by atoms with Gasteiger partial charge in [0.05, 0.1) is 22.0 Å². The summed E-state index contributed by atoms with van der Waals surface area (Å²) in [5.74, 6) is -0.976. The number of carbonyl (C=O) groups excluding carboxylic acids is 1. The largest absolute Gasteiger partial charge is 0.371 e. The fraction of sp³-hybridized carbons (Fsp3) is 0.300. The van der Waals surface area contributed by atoms with Crippen LogP contribution in [0.25, 0.3) is 0 Å². The molecule has 8 heteroatoms. The number of amides is 1. The number of anilines is 1. The van der Waals surface area contributed by atoms with E-state index in [0.29, 0.717) is 0 Å². The molecule has 18 heavy (non-hydrogen) atoms. The number of halogens is 2. The first kappa shape index (κ1) is 14.4. The Morgan fingerprint density at radius 1 is 1.56 bits per heavy atom. The number of nitrogens with one attached hydrogen (secondary N) is 1. The molecule has 1 rings (SSSR count). The number of rotatable bonds is 4. The average Bonchev–Trinajstić information content (AvgIpc) is 2.29. The lowest BCUT2D eigenvalue weighted by Crippen LogP contribution is -2.28. The summed E-state index contributed by atoms with van der Waals surface area (Å²) in [4.78, 5) is 22.7. The van der Waals surface area contributed by atoms with Gasteiger partial charge >= 0.3 is 0 Å². The normalized spacial score (nSPS) is 10.0. The maximum atomic E-state index is 13.2. The van der Waals surface area contributed by atoms with Gasteiger partial charge in [0.2, 0.25) is 5.91 Å². The van der Waals surface area contributed by atoms with E-state index in [2.05, 4.69) is 21.2 Å². The zero-order chi connectivity index (χ0) is 13.9. The number of likely N-dealkylation sites (N-methyl/N-ethyl adjacent to an activating group) is 1. The molecule has 0 atom stereocenters. The molecule has 0 heterocycles. The van der Waals surface area contributed by atoms with E-state index in [9.17, 15) is 19.3 Å². The Morgan fingerprint density at radius 2 is 2.17 bits per heavy atom. The number of nitro benzene ring substituents is 1. The van der Waals surface area contributed by atoms with Crippen LogP contribution in [-0.4, -0.2) is 36.4 Å². The van der Waals surface area contributed by atoms with Gasteiger partial charge in [-0.1, -0.05) is 0 Å². The van der Waals surface area contributed by atoms with Crippen LogP contribution in [0.1, 0.15) is 0 Å². The lowest BCUT2D eigenvalue weighted by atomic mass is 10.2. The highest BCUT2D eigenvalue weighted by molar-refractivity contribution is 9.10. The predicted molar refractivity (Wildman–Crippen MR) is 67.9 cm³/mol. The highest BCUT2D eigenvalue weighted by atomic mass is 79.9. The second-order valence-electron chi connectivity index (χ2n) is 3.68. The molecule has 1 aromatic rings. The topological polar surface area (TPSA) is 75.5 Å². The highest BCUT2D eigenvalue weighted by Crippen LogP contribution is 2.30. The van der Waals surface area contributed by atoms with Gasteiger partial charge in [-0.15, -0.1) is 0 Å². The molecule has 1 N–H and O–H groups in total. The fourth-order valence-corrected chi connectivity index (χ4v) is 1.50. The number of benzene rings is 1. The molecule has 0 saturated heterocycles. The van der Waals surface area contributed by atoms with E-state index in [1.165, 1.54) is 11.0 Å². The average molecular weight is 320 g/mol. The molecule has 0 aromatic heterocycles. The number of nitrogens with zero attached hydrogens (tertiary/aromatic N) is 2. The summed E-state index contributed by atoms with van der Waals surface area (Å²) in [7, 11) is 3.14. The first-order valence-electron chi connectivity index (χ1n) is 4.90. The Labute approximate surface area is 111 Å². The highest BCUT2D eigenvalue weighted by Gasteiger charge is 2.18. The van der Waals surface area contributed by atoms with Gasteiger partial charge in [0.15, 0.2) is 0 Å². The minimum atomic E-state index is -0.730. The number of carbonyl (C=O) groups is 1. The third-order valence-electron chi connectivity index (χ3n) is 2.16. The summed E-state index contributed by atoms with van der Waals surface area (Å²) < 4.78 is 13.3. The first-order valence-corrected chi connectivity index (χ1v) is 5.69. The molecular formula is C10H11BrFN3O3. The zero-order valence-corrected chi connectivity index (χ0v) is 11.3. The van der Waals surface area contributed by atoms with Crippen LogP contribution >= 0.6 is 15.9 Å². The maximum Gasteiger partial charge on any atom is 0.295 e. The summed E-state index contributed by atoms with van der Waals surface area (Å²) in [5.41, 5.74) is -0.328. The van der Waals surface area contributed by atoms with E-state index < -0.39 is 16.4 Å². The van der Waals surface area contributed by atoms with E-state index in [-0.39, 0.29) is 22.6 Å². The van der Waals surface area contributed by atoms with Crippen molar-refractivity contribution in [1.82, 2.24) is 4.90 Å². The van der Waals surface area contributed by atoms with E-state index in [1.54, 1.807) is 14.1 Å². The molecule has 0 aliphatic heterocycles. The van der Waals surface area contributed by atoms with Crippen molar-refractivity contribution in [3.63, 3.8) is 0 Å². The SMILES string of the molecule is CN(C)C(=O)CNc1cc(Br)c(F)cc1[N+](=O)[O-]. The minimum absolute atomic E-state index is 0.0866. The first-order chi connectivity index (χ1) is 8.32. The van der Waals surface area contributed by atoms with E-state index >= 15 is 0 Å². The molecule has 0 radical (unpaired) electrons. The molecule has 0 bridgehead atoms. The molecule has 0 unspecified atom stereocenters. The van der Waals surface area contributed by atoms with Crippen LogP contribution in [-0.2, 0) is 4.79 Å². The van der Waals surface area contributed by atoms with Crippen molar-refractivity contribution in [2.45, 2.75) is 0 Å². The smallest absolute Gasteiger partial charge is 0.295 e. The molecule has 0 aliphatic rings. The standard InChI is InChI=1S/C10H11BrFN3O3/c1-14(2)10(16)5-13-8-3-6(11)7(12)4-9(8)15(17)18/h3-4,13H,5H2,1-2H3.